The van der Waals surface area contributed by atoms with Crippen LogP contribution >= 0.6 is 11.3 Å². The molecule has 2 N–H and O–H groups in total. The number of aromatic nitrogens is 2. The molecule has 0 fully saturated rings. The largest absolute Gasteiger partial charge is 0.497 e. The fourth-order valence-corrected chi connectivity index (χ4v) is 3.48. The molecule has 0 unspecified atom stereocenters. The van der Waals surface area contributed by atoms with Gasteiger partial charge in [-0.2, -0.15) is 0 Å². The van der Waals surface area contributed by atoms with Crippen molar-refractivity contribution < 1.29 is 9.53 Å². The number of rotatable bonds is 3. The van der Waals surface area contributed by atoms with Crippen molar-refractivity contribution in [1.29, 1.82) is 0 Å². The molecule has 3 aromatic rings. The number of nitrogens with one attached hydrogen (secondary N) is 2. The van der Waals surface area contributed by atoms with E-state index in [-0.39, 0.29) is 11.5 Å². The predicted octanol–water partition coefficient (Wildman–Crippen LogP) is 2.86. The summed E-state index contributed by atoms with van der Waals surface area (Å²) in [4.78, 5) is 32.6. The molecule has 23 heavy (non-hydrogen) atoms. The van der Waals surface area contributed by atoms with Crippen LogP contribution in [0.5, 0.6) is 5.75 Å². The van der Waals surface area contributed by atoms with Gasteiger partial charge in [-0.3, -0.25) is 9.59 Å². The Morgan fingerprint density at radius 3 is 2.87 bits per heavy atom. The average molecular weight is 329 g/mol. The van der Waals surface area contributed by atoms with Gasteiger partial charge in [-0.25, -0.2) is 4.98 Å². The number of carbonyl (C=O) groups is 1. The maximum absolute atomic E-state index is 12.5. The number of H-pyrrole nitrogens is 1. The molecule has 0 aliphatic heterocycles. The minimum atomic E-state index is -0.268. The molecule has 1 amide bonds. The first-order valence-electron chi connectivity index (χ1n) is 6.95. The molecular weight excluding hydrogens is 314 g/mol. The van der Waals surface area contributed by atoms with Gasteiger partial charge in [0.1, 0.15) is 16.4 Å². The highest BCUT2D eigenvalue weighted by Gasteiger charge is 2.19. The SMILES string of the molecule is COc1cccc(NC(=O)c2sc3nc(C)[nH]c(=O)c3c2C)c1. The molecule has 0 aliphatic rings. The first-order chi connectivity index (χ1) is 11.0. The maximum Gasteiger partial charge on any atom is 0.266 e. The van der Waals surface area contributed by atoms with Crippen LogP contribution in [0.25, 0.3) is 10.2 Å². The molecule has 7 heteroatoms. The van der Waals surface area contributed by atoms with Crippen LogP contribution in [-0.2, 0) is 0 Å². The van der Waals surface area contributed by atoms with Crippen LogP contribution in [-0.4, -0.2) is 23.0 Å². The van der Waals surface area contributed by atoms with Crippen molar-refractivity contribution in [1.82, 2.24) is 9.97 Å². The molecule has 1 aromatic carbocycles. The maximum atomic E-state index is 12.5. The van der Waals surface area contributed by atoms with Crippen LogP contribution in [0.3, 0.4) is 0 Å². The predicted molar refractivity (Wildman–Crippen MR) is 90.7 cm³/mol. The van der Waals surface area contributed by atoms with Gasteiger partial charge in [-0.05, 0) is 31.5 Å². The lowest BCUT2D eigenvalue weighted by Gasteiger charge is -2.06. The zero-order valence-corrected chi connectivity index (χ0v) is 13.7. The summed E-state index contributed by atoms with van der Waals surface area (Å²) in [5, 5.41) is 3.29. The van der Waals surface area contributed by atoms with Crippen LogP contribution in [0.4, 0.5) is 5.69 Å². The number of benzene rings is 1. The van der Waals surface area contributed by atoms with Gasteiger partial charge in [0.2, 0.25) is 0 Å². The number of thiophene rings is 1. The quantitative estimate of drug-likeness (QED) is 0.774. The highest BCUT2D eigenvalue weighted by atomic mass is 32.1. The highest BCUT2D eigenvalue weighted by Crippen LogP contribution is 2.28. The van der Waals surface area contributed by atoms with E-state index in [9.17, 15) is 9.59 Å². The smallest absolute Gasteiger partial charge is 0.266 e. The number of carbonyl (C=O) groups excluding carboxylic acids is 1. The summed E-state index contributed by atoms with van der Waals surface area (Å²) in [6.45, 7) is 3.47. The minimum absolute atomic E-state index is 0.221. The van der Waals surface area contributed by atoms with Gasteiger partial charge in [0.05, 0.1) is 17.4 Å². The lowest BCUT2D eigenvalue weighted by atomic mass is 10.2. The van der Waals surface area contributed by atoms with Crippen molar-refractivity contribution in [2.45, 2.75) is 13.8 Å². The van der Waals surface area contributed by atoms with Crippen LogP contribution in [0.2, 0.25) is 0 Å². The summed E-state index contributed by atoms with van der Waals surface area (Å²) in [7, 11) is 1.57. The van der Waals surface area contributed by atoms with Gasteiger partial charge in [0.25, 0.3) is 11.5 Å². The van der Waals surface area contributed by atoms with E-state index in [0.29, 0.717) is 37.9 Å². The Morgan fingerprint density at radius 2 is 2.13 bits per heavy atom. The van der Waals surface area contributed by atoms with E-state index in [1.165, 1.54) is 11.3 Å². The molecule has 3 rings (SSSR count). The Morgan fingerprint density at radius 1 is 1.35 bits per heavy atom. The van der Waals surface area contributed by atoms with Crippen molar-refractivity contribution in [3.05, 3.63) is 50.9 Å². The second-order valence-electron chi connectivity index (χ2n) is 5.07. The zero-order chi connectivity index (χ0) is 16.6. The Kier molecular flexibility index (Phi) is 3.87. The molecule has 0 saturated heterocycles. The van der Waals surface area contributed by atoms with Crippen molar-refractivity contribution >= 4 is 33.1 Å². The van der Waals surface area contributed by atoms with Gasteiger partial charge in [0, 0.05) is 11.8 Å². The van der Waals surface area contributed by atoms with Gasteiger partial charge < -0.3 is 15.0 Å². The fourth-order valence-electron chi connectivity index (χ4n) is 2.36. The number of hydrogen-bond donors (Lipinski definition) is 2. The summed E-state index contributed by atoms with van der Waals surface area (Å²) < 4.78 is 5.14. The third-order valence-corrected chi connectivity index (χ3v) is 4.64. The lowest BCUT2D eigenvalue weighted by Crippen LogP contribution is -2.12. The molecule has 6 nitrogen and oxygen atoms in total. The zero-order valence-electron chi connectivity index (χ0n) is 12.9. The molecular formula is C16H15N3O3S. The van der Waals surface area contributed by atoms with E-state index >= 15 is 0 Å². The fraction of sp³-hybridized carbons (Fsp3) is 0.188. The third-order valence-electron chi connectivity index (χ3n) is 3.45. The number of hydrogen-bond acceptors (Lipinski definition) is 5. The van der Waals surface area contributed by atoms with Crippen LogP contribution < -0.4 is 15.6 Å². The standard InChI is InChI=1S/C16H15N3O3S/c1-8-12-14(20)17-9(2)18-16(12)23-13(8)15(21)19-10-5-4-6-11(7-10)22-3/h4-7H,1-3H3,(H,19,21)(H,17,18,20). The van der Waals surface area contributed by atoms with Crippen LogP contribution in [0, 0.1) is 13.8 Å². The first-order valence-corrected chi connectivity index (χ1v) is 7.76. The second kappa shape index (κ2) is 5.85. The van der Waals surface area contributed by atoms with E-state index in [2.05, 4.69) is 15.3 Å². The van der Waals surface area contributed by atoms with Crippen molar-refractivity contribution in [2.24, 2.45) is 0 Å². The molecule has 0 atom stereocenters. The van der Waals surface area contributed by atoms with E-state index < -0.39 is 0 Å². The third kappa shape index (κ3) is 2.83. The first kappa shape index (κ1) is 15.2. The van der Waals surface area contributed by atoms with Crippen molar-refractivity contribution in [3.63, 3.8) is 0 Å². The van der Waals surface area contributed by atoms with E-state index in [0.717, 1.165) is 0 Å². The molecule has 0 spiro atoms. The molecule has 0 aliphatic carbocycles. The Balaban J connectivity index is 1.99. The average Bonchev–Trinajstić information content (AvgIpc) is 2.84. The number of aromatic amines is 1. The lowest BCUT2D eigenvalue weighted by molar-refractivity contribution is 0.103. The number of aryl methyl sites for hydroxylation is 2. The van der Waals surface area contributed by atoms with Gasteiger partial charge >= 0.3 is 0 Å². The second-order valence-corrected chi connectivity index (χ2v) is 6.07. The van der Waals surface area contributed by atoms with Crippen LogP contribution in [0.15, 0.2) is 29.1 Å². The summed E-state index contributed by atoms with van der Waals surface area (Å²) in [5.74, 6) is 0.920. The van der Waals surface area contributed by atoms with Crippen molar-refractivity contribution in [3.8, 4) is 5.75 Å². The topological polar surface area (TPSA) is 84.1 Å². The number of amides is 1. The minimum Gasteiger partial charge on any atom is -0.497 e. The van der Waals surface area contributed by atoms with E-state index in [1.54, 1.807) is 45.2 Å². The normalized spacial score (nSPS) is 10.7. The summed E-state index contributed by atoms with van der Waals surface area (Å²) in [6.07, 6.45) is 0. The van der Waals surface area contributed by atoms with Gasteiger partial charge in [-0.15, -0.1) is 11.3 Å². The molecule has 2 aromatic heterocycles. The number of fused-ring (bicyclic) bond motifs is 1. The highest BCUT2D eigenvalue weighted by molar-refractivity contribution is 7.20. The molecule has 118 valence electrons. The number of methoxy groups -OCH3 is 1. The molecule has 2 heterocycles. The molecule has 0 radical (unpaired) electrons. The molecule has 0 bridgehead atoms. The van der Waals surface area contributed by atoms with Crippen LogP contribution in [0.1, 0.15) is 21.1 Å². The Bertz CT molecular complexity index is 959. The summed E-state index contributed by atoms with van der Waals surface area (Å²) >= 11 is 1.22. The van der Waals surface area contributed by atoms with Gasteiger partial charge in [0.15, 0.2) is 0 Å². The molecule has 0 saturated carbocycles. The summed E-state index contributed by atoms with van der Waals surface area (Å²) in [6, 6.07) is 7.10. The monoisotopic (exact) mass is 329 g/mol. The Hall–Kier alpha value is -2.67. The van der Waals surface area contributed by atoms with E-state index in [4.69, 9.17) is 4.74 Å². The Labute approximate surface area is 136 Å². The summed E-state index contributed by atoms with van der Waals surface area (Å²) in [5.41, 5.74) is 1.05. The van der Waals surface area contributed by atoms with Crippen molar-refractivity contribution in [2.75, 3.05) is 12.4 Å². The van der Waals surface area contributed by atoms with Gasteiger partial charge in [-0.1, -0.05) is 6.07 Å². The number of ether oxygens (including phenoxy) is 1. The number of nitrogens with zero attached hydrogens (tertiary/aromatic N) is 1. The van der Waals surface area contributed by atoms with E-state index in [1.807, 2.05) is 0 Å². The number of anilines is 1.